The van der Waals surface area contributed by atoms with Crippen LogP contribution in [-0.2, 0) is 16.1 Å². The smallest absolute Gasteiger partial charge is 0.253 e. The Balaban J connectivity index is 1.48. The van der Waals surface area contributed by atoms with Gasteiger partial charge >= 0.3 is 0 Å². The molecule has 1 unspecified atom stereocenters. The monoisotopic (exact) mass is 373 g/mol. The van der Waals surface area contributed by atoms with Crippen LogP contribution in [0.4, 0.5) is 0 Å². The van der Waals surface area contributed by atoms with E-state index >= 15 is 0 Å². The maximum absolute atomic E-state index is 12.7. The lowest BCUT2D eigenvalue weighted by molar-refractivity contribution is -0.136. The second-order valence-electron chi connectivity index (χ2n) is 7.63. The minimum absolute atomic E-state index is 0.0644. The first kappa shape index (κ1) is 19.8. The van der Waals surface area contributed by atoms with Gasteiger partial charge in [-0.05, 0) is 43.9 Å². The van der Waals surface area contributed by atoms with Crippen LogP contribution in [0.15, 0.2) is 24.3 Å². The molecule has 0 bridgehead atoms. The van der Waals surface area contributed by atoms with Crippen LogP contribution in [-0.4, -0.2) is 78.9 Å². The number of amides is 2. The molecule has 0 radical (unpaired) electrons. The fourth-order valence-corrected chi connectivity index (χ4v) is 3.95. The van der Waals surface area contributed by atoms with E-state index in [4.69, 9.17) is 4.74 Å². The Bertz CT molecular complexity index is 639. The van der Waals surface area contributed by atoms with Crippen molar-refractivity contribution in [1.82, 2.24) is 14.7 Å². The second-order valence-corrected chi connectivity index (χ2v) is 7.63. The van der Waals surface area contributed by atoms with Crippen molar-refractivity contribution in [3.63, 3.8) is 0 Å². The number of nitrogens with zero attached hydrogens (tertiary/aromatic N) is 3. The topological polar surface area (TPSA) is 53.1 Å². The van der Waals surface area contributed by atoms with Crippen LogP contribution in [0.25, 0.3) is 0 Å². The van der Waals surface area contributed by atoms with Gasteiger partial charge in [-0.1, -0.05) is 12.1 Å². The maximum Gasteiger partial charge on any atom is 0.253 e. The number of rotatable bonds is 5. The summed E-state index contributed by atoms with van der Waals surface area (Å²) in [5.74, 6) is 0.297. The summed E-state index contributed by atoms with van der Waals surface area (Å²) in [6, 6.07) is 7.96. The van der Waals surface area contributed by atoms with Gasteiger partial charge in [0.25, 0.3) is 5.91 Å². The molecule has 6 heteroatoms. The third kappa shape index (κ3) is 5.08. The van der Waals surface area contributed by atoms with Crippen molar-refractivity contribution in [2.24, 2.45) is 0 Å². The van der Waals surface area contributed by atoms with Gasteiger partial charge in [0.15, 0.2) is 0 Å². The zero-order chi connectivity index (χ0) is 19.2. The summed E-state index contributed by atoms with van der Waals surface area (Å²) in [5.41, 5.74) is 1.77. The number of piperidine rings is 1. The van der Waals surface area contributed by atoms with E-state index in [2.05, 4.69) is 11.8 Å². The van der Waals surface area contributed by atoms with Crippen molar-refractivity contribution in [2.75, 3.05) is 46.4 Å². The van der Waals surface area contributed by atoms with Crippen LogP contribution in [0.5, 0.6) is 0 Å². The molecule has 2 fully saturated rings. The van der Waals surface area contributed by atoms with Crippen molar-refractivity contribution < 1.29 is 14.3 Å². The number of benzene rings is 1. The third-order valence-corrected chi connectivity index (χ3v) is 5.65. The molecule has 6 nitrogen and oxygen atoms in total. The van der Waals surface area contributed by atoms with Gasteiger partial charge in [0, 0.05) is 51.4 Å². The highest BCUT2D eigenvalue weighted by Gasteiger charge is 2.27. The van der Waals surface area contributed by atoms with E-state index < -0.39 is 0 Å². The van der Waals surface area contributed by atoms with E-state index in [1.165, 1.54) is 6.42 Å². The molecule has 148 valence electrons. The third-order valence-electron chi connectivity index (χ3n) is 5.65. The number of ether oxygens (including phenoxy) is 1. The lowest BCUT2D eigenvalue weighted by Gasteiger charge is -2.38. The van der Waals surface area contributed by atoms with E-state index in [1.807, 2.05) is 34.1 Å². The summed E-state index contributed by atoms with van der Waals surface area (Å²) in [7, 11) is 1.66. The largest absolute Gasteiger partial charge is 0.380 e. The van der Waals surface area contributed by atoms with Crippen LogP contribution < -0.4 is 0 Å². The van der Waals surface area contributed by atoms with Gasteiger partial charge < -0.3 is 14.5 Å². The molecule has 27 heavy (non-hydrogen) atoms. The van der Waals surface area contributed by atoms with Crippen LogP contribution >= 0.6 is 0 Å². The fraction of sp³-hybridized carbons (Fsp3) is 0.619. The summed E-state index contributed by atoms with van der Waals surface area (Å²) in [4.78, 5) is 31.4. The minimum Gasteiger partial charge on any atom is -0.380 e. The van der Waals surface area contributed by atoms with Gasteiger partial charge in [0.1, 0.15) is 0 Å². The van der Waals surface area contributed by atoms with E-state index in [-0.39, 0.29) is 11.8 Å². The average molecular weight is 373 g/mol. The van der Waals surface area contributed by atoms with Gasteiger partial charge in [-0.3, -0.25) is 14.5 Å². The maximum atomic E-state index is 12.7. The standard InChI is InChI=1S/C21H31N3O3/c1-17-5-3-4-10-24(17)20(25)15-22-11-13-23(14-12-22)21(26)19-8-6-18(7-9-19)16-27-2/h6-9,17H,3-5,10-16H2,1-2H3. The van der Waals surface area contributed by atoms with Crippen molar-refractivity contribution in [2.45, 2.75) is 38.8 Å². The molecule has 2 amide bonds. The Labute approximate surface area is 162 Å². The molecule has 0 N–H and O–H groups in total. The summed E-state index contributed by atoms with van der Waals surface area (Å²) in [6.07, 6.45) is 3.44. The van der Waals surface area contributed by atoms with Crippen molar-refractivity contribution in [3.8, 4) is 0 Å². The summed E-state index contributed by atoms with van der Waals surface area (Å²) in [6.45, 7) is 6.89. The zero-order valence-corrected chi connectivity index (χ0v) is 16.5. The zero-order valence-electron chi connectivity index (χ0n) is 16.5. The SMILES string of the molecule is COCc1ccc(C(=O)N2CCN(CC(=O)N3CCCCC3C)CC2)cc1. The minimum atomic E-state index is 0.0644. The normalized spacial score (nSPS) is 21.3. The fourth-order valence-electron chi connectivity index (χ4n) is 3.95. The molecule has 2 aliphatic heterocycles. The molecule has 3 rings (SSSR count). The van der Waals surface area contributed by atoms with Crippen molar-refractivity contribution >= 4 is 11.8 Å². The van der Waals surface area contributed by atoms with Crippen LogP contribution in [0, 0.1) is 0 Å². The summed E-state index contributed by atoms with van der Waals surface area (Å²) >= 11 is 0. The van der Waals surface area contributed by atoms with Gasteiger partial charge in [0.2, 0.25) is 5.91 Å². The molecule has 0 aromatic heterocycles. The molecule has 2 aliphatic rings. The molecule has 0 saturated carbocycles. The molecule has 0 aliphatic carbocycles. The van der Waals surface area contributed by atoms with Crippen LogP contribution in [0.1, 0.15) is 42.1 Å². The van der Waals surface area contributed by atoms with Crippen LogP contribution in [0.3, 0.4) is 0 Å². The Morgan fingerprint density at radius 2 is 1.74 bits per heavy atom. The number of hydrogen-bond acceptors (Lipinski definition) is 4. The Hall–Kier alpha value is -1.92. The molecular weight excluding hydrogens is 342 g/mol. The molecule has 2 saturated heterocycles. The summed E-state index contributed by atoms with van der Waals surface area (Å²) in [5, 5.41) is 0. The van der Waals surface area contributed by atoms with Crippen molar-refractivity contribution in [3.05, 3.63) is 35.4 Å². The highest BCUT2D eigenvalue weighted by molar-refractivity contribution is 5.94. The van der Waals surface area contributed by atoms with Crippen LogP contribution in [0.2, 0.25) is 0 Å². The number of hydrogen-bond donors (Lipinski definition) is 0. The Kier molecular flexibility index (Phi) is 6.85. The van der Waals surface area contributed by atoms with E-state index in [0.717, 1.165) is 38.0 Å². The lowest BCUT2D eigenvalue weighted by atomic mass is 10.0. The Morgan fingerprint density at radius 3 is 2.37 bits per heavy atom. The van der Waals surface area contributed by atoms with Crippen molar-refractivity contribution in [1.29, 1.82) is 0 Å². The van der Waals surface area contributed by atoms with E-state index in [1.54, 1.807) is 7.11 Å². The number of methoxy groups -OCH3 is 1. The molecular formula is C21H31N3O3. The number of carbonyl (C=O) groups excluding carboxylic acids is 2. The van der Waals surface area contributed by atoms with E-state index in [0.29, 0.717) is 37.8 Å². The molecule has 1 atom stereocenters. The first-order chi connectivity index (χ1) is 13.1. The predicted molar refractivity (Wildman–Crippen MR) is 105 cm³/mol. The van der Waals surface area contributed by atoms with Gasteiger partial charge in [-0.25, -0.2) is 0 Å². The quantitative estimate of drug-likeness (QED) is 0.792. The Morgan fingerprint density at radius 1 is 1.04 bits per heavy atom. The average Bonchev–Trinajstić information content (AvgIpc) is 2.69. The first-order valence-electron chi connectivity index (χ1n) is 9.97. The van der Waals surface area contributed by atoms with E-state index in [9.17, 15) is 9.59 Å². The highest BCUT2D eigenvalue weighted by atomic mass is 16.5. The molecule has 0 spiro atoms. The molecule has 1 aromatic carbocycles. The van der Waals surface area contributed by atoms with Gasteiger partial charge in [-0.2, -0.15) is 0 Å². The number of likely N-dealkylation sites (tertiary alicyclic amines) is 1. The molecule has 1 aromatic rings. The first-order valence-corrected chi connectivity index (χ1v) is 9.97. The van der Waals surface area contributed by atoms with Gasteiger partial charge in [0.05, 0.1) is 13.2 Å². The number of piperazine rings is 1. The summed E-state index contributed by atoms with van der Waals surface area (Å²) < 4.78 is 5.11. The second kappa shape index (κ2) is 9.33. The highest BCUT2D eigenvalue weighted by Crippen LogP contribution is 2.17. The molecule has 2 heterocycles. The van der Waals surface area contributed by atoms with Gasteiger partial charge in [-0.15, -0.1) is 0 Å². The predicted octanol–water partition coefficient (Wildman–Crippen LogP) is 1.99. The number of carbonyl (C=O) groups is 2. The lowest BCUT2D eigenvalue weighted by Crippen LogP contribution is -2.53.